The molecule has 0 radical (unpaired) electrons. The second-order valence-corrected chi connectivity index (χ2v) is 5.73. The van der Waals surface area contributed by atoms with E-state index in [1.54, 1.807) is 0 Å². The van der Waals surface area contributed by atoms with Crippen molar-refractivity contribution in [2.75, 3.05) is 13.2 Å². The maximum atomic E-state index is 10.4. The van der Waals surface area contributed by atoms with Gasteiger partial charge >= 0.3 is 0 Å². The van der Waals surface area contributed by atoms with Gasteiger partial charge in [0.1, 0.15) is 5.60 Å². The maximum Gasteiger partial charge on any atom is 0.105 e. The summed E-state index contributed by atoms with van der Waals surface area (Å²) < 4.78 is 8.29. The molecule has 2 rings (SSSR count). The zero-order chi connectivity index (χ0) is 13.3. The summed E-state index contributed by atoms with van der Waals surface area (Å²) in [6, 6.07) is 0. The predicted molar refractivity (Wildman–Crippen MR) is 72.3 cm³/mol. The molecule has 0 spiro atoms. The third-order valence-electron chi connectivity index (χ3n) is 3.64. The van der Waals surface area contributed by atoms with E-state index in [1.807, 2.05) is 25.6 Å². The summed E-state index contributed by atoms with van der Waals surface area (Å²) >= 11 is 3.53. The van der Waals surface area contributed by atoms with Crippen LogP contribution in [0.4, 0.5) is 0 Å². The number of nitrogens with one attached hydrogen (secondary N) is 1. The Balaban J connectivity index is 1.92. The monoisotopic (exact) mass is 317 g/mol. The van der Waals surface area contributed by atoms with Gasteiger partial charge in [-0.15, -0.1) is 0 Å². The van der Waals surface area contributed by atoms with Crippen molar-refractivity contribution in [2.24, 2.45) is 7.05 Å². The number of aromatic nitrogens is 2. The van der Waals surface area contributed by atoms with Gasteiger partial charge in [0.2, 0.25) is 0 Å². The molecule has 102 valence electrons. The molecule has 2 N–H and O–H groups in total. The molecule has 2 unspecified atom stereocenters. The number of hydrogen-bond donors (Lipinski definition) is 2. The van der Waals surface area contributed by atoms with E-state index >= 15 is 0 Å². The Bertz CT molecular complexity index is 435. The van der Waals surface area contributed by atoms with Crippen LogP contribution >= 0.6 is 15.9 Å². The third kappa shape index (κ3) is 2.61. The van der Waals surface area contributed by atoms with Crippen molar-refractivity contribution in [3.05, 3.63) is 15.9 Å². The largest absolute Gasteiger partial charge is 0.386 e. The van der Waals surface area contributed by atoms with E-state index < -0.39 is 5.60 Å². The molecule has 0 saturated carbocycles. The van der Waals surface area contributed by atoms with Crippen LogP contribution in [0.15, 0.2) is 4.47 Å². The Morgan fingerprint density at radius 3 is 2.89 bits per heavy atom. The van der Waals surface area contributed by atoms with Crippen LogP contribution in [0.3, 0.4) is 0 Å². The predicted octanol–water partition coefficient (Wildman–Crippen LogP) is 1.12. The molecule has 0 amide bonds. The lowest BCUT2D eigenvalue weighted by Gasteiger charge is -2.26. The molecule has 18 heavy (non-hydrogen) atoms. The molecule has 0 bridgehead atoms. The van der Waals surface area contributed by atoms with E-state index in [0.29, 0.717) is 26.1 Å². The van der Waals surface area contributed by atoms with Crippen molar-refractivity contribution < 1.29 is 9.84 Å². The SMILES string of the molecule is Cc1nn(C)c(CNCC2(O)CCOC2C)c1Br. The summed E-state index contributed by atoms with van der Waals surface area (Å²) in [4.78, 5) is 0. The van der Waals surface area contributed by atoms with Crippen molar-refractivity contribution in [3.8, 4) is 0 Å². The molecule has 6 heteroatoms. The van der Waals surface area contributed by atoms with Crippen LogP contribution in [-0.4, -0.2) is 39.7 Å². The van der Waals surface area contributed by atoms with Gasteiger partial charge in [-0.05, 0) is 29.8 Å². The molecule has 1 saturated heterocycles. The molecule has 1 aromatic heterocycles. The van der Waals surface area contributed by atoms with Gasteiger partial charge in [0.25, 0.3) is 0 Å². The second kappa shape index (κ2) is 5.28. The fourth-order valence-electron chi connectivity index (χ4n) is 2.27. The Morgan fingerprint density at radius 2 is 2.39 bits per heavy atom. The van der Waals surface area contributed by atoms with Crippen LogP contribution in [0.2, 0.25) is 0 Å². The third-order valence-corrected chi connectivity index (χ3v) is 4.68. The minimum absolute atomic E-state index is 0.110. The zero-order valence-corrected chi connectivity index (χ0v) is 12.6. The summed E-state index contributed by atoms with van der Waals surface area (Å²) in [6.45, 7) is 5.72. The first-order valence-corrected chi connectivity index (χ1v) is 6.96. The van der Waals surface area contributed by atoms with Crippen molar-refractivity contribution in [2.45, 2.75) is 38.5 Å². The van der Waals surface area contributed by atoms with Crippen LogP contribution < -0.4 is 5.32 Å². The average Bonchev–Trinajstić information content (AvgIpc) is 2.75. The number of rotatable bonds is 4. The van der Waals surface area contributed by atoms with Crippen molar-refractivity contribution in [1.82, 2.24) is 15.1 Å². The molecule has 2 heterocycles. The molecular formula is C12H20BrN3O2. The summed E-state index contributed by atoms with van der Waals surface area (Å²) in [5.74, 6) is 0. The van der Waals surface area contributed by atoms with Crippen LogP contribution in [0.1, 0.15) is 24.7 Å². The van der Waals surface area contributed by atoms with Crippen molar-refractivity contribution in [3.63, 3.8) is 0 Å². The van der Waals surface area contributed by atoms with E-state index in [1.165, 1.54) is 0 Å². The highest BCUT2D eigenvalue weighted by molar-refractivity contribution is 9.10. The number of aryl methyl sites for hydroxylation is 2. The number of hydrogen-bond acceptors (Lipinski definition) is 4. The molecular weight excluding hydrogens is 298 g/mol. The van der Waals surface area contributed by atoms with Gasteiger partial charge in [0.15, 0.2) is 0 Å². The van der Waals surface area contributed by atoms with E-state index in [-0.39, 0.29) is 6.10 Å². The highest BCUT2D eigenvalue weighted by Gasteiger charge is 2.39. The zero-order valence-electron chi connectivity index (χ0n) is 11.0. The second-order valence-electron chi connectivity index (χ2n) is 4.94. The smallest absolute Gasteiger partial charge is 0.105 e. The highest BCUT2D eigenvalue weighted by Crippen LogP contribution is 2.25. The first kappa shape index (κ1) is 14.0. The lowest BCUT2D eigenvalue weighted by atomic mass is 9.97. The van der Waals surface area contributed by atoms with Crippen molar-refractivity contribution >= 4 is 15.9 Å². The van der Waals surface area contributed by atoms with E-state index in [9.17, 15) is 5.11 Å². The molecule has 5 nitrogen and oxygen atoms in total. The first-order chi connectivity index (χ1) is 8.44. The summed E-state index contributed by atoms with van der Waals surface area (Å²) in [5, 5.41) is 18.0. The van der Waals surface area contributed by atoms with Crippen molar-refractivity contribution in [1.29, 1.82) is 0 Å². The van der Waals surface area contributed by atoms with Gasteiger partial charge in [0, 0.05) is 33.2 Å². The summed E-state index contributed by atoms with van der Waals surface area (Å²) in [6.07, 6.45) is 0.578. The minimum Gasteiger partial charge on any atom is -0.386 e. The van der Waals surface area contributed by atoms with Gasteiger partial charge in [-0.25, -0.2) is 0 Å². The molecule has 1 aromatic rings. The Labute approximate surface area is 116 Å². The average molecular weight is 318 g/mol. The molecule has 0 aromatic carbocycles. The van der Waals surface area contributed by atoms with E-state index in [2.05, 4.69) is 26.3 Å². The lowest BCUT2D eigenvalue weighted by Crippen LogP contribution is -2.45. The van der Waals surface area contributed by atoms with Crippen LogP contribution in [0.25, 0.3) is 0 Å². The number of halogens is 1. The normalized spacial score (nSPS) is 27.9. The number of aliphatic hydroxyl groups is 1. The lowest BCUT2D eigenvalue weighted by molar-refractivity contribution is -0.0263. The van der Waals surface area contributed by atoms with Gasteiger partial charge in [-0.3, -0.25) is 4.68 Å². The van der Waals surface area contributed by atoms with Crippen LogP contribution in [0.5, 0.6) is 0 Å². The van der Waals surface area contributed by atoms with Gasteiger partial charge in [-0.2, -0.15) is 5.10 Å². The standard InChI is InChI=1S/C12H20BrN3O2/c1-8-11(13)10(16(3)15-8)6-14-7-12(17)4-5-18-9(12)2/h9,14,17H,4-7H2,1-3H3. The highest BCUT2D eigenvalue weighted by atomic mass is 79.9. The molecule has 2 atom stereocenters. The van der Waals surface area contributed by atoms with Crippen LogP contribution in [0, 0.1) is 6.92 Å². The Kier molecular flexibility index (Phi) is 4.11. The molecule has 1 fully saturated rings. The number of nitrogens with zero attached hydrogens (tertiary/aromatic N) is 2. The number of ether oxygens (including phenoxy) is 1. The topological polar surface area (TPSA) is 59.3 Å². The first-order valence-electron chi connectivity index (χ1n) is 6.17. The Morgan fingerprint density at radius 1 is 1.67 bits per heavy atom. The molecule has 0 aliphatic carbocycles. The van der Waals surface area contributed by atoms with Crippen LogP contribution in [-0.2, 0) is 18.3 Å². The maximum absolute atomic E-state index is 10.4. The molecule has 1 aliphatic rings. The summed E-state index contributed by atoms with van der Waals surface area (Å²) in [5.41, 5.74) is 1.31. The summed E-state index contributed by atoms with van der Waals surface area (Å²) in [7, 11) is 1.92. The quantitative estimate of drug-likeness (QED) is 0.873. The minimum atomic E-state index is -0.750. The Hall–Kier alpha value is -0.430. The van der Waals surface area contributed by atoms with E-state index in [4.69, 9.17) is 4.74 Å². The fourth-order valence-corrected chi connectivity index (χ4v) is 2.75. The van der Waals surface area contributed by atoms with E-state index in [0.717, 1.165) is 15.9 Å². The molecule has 1 aliphatic heterocycles. The fraction of sp³-hybridized carbons (Fsp3) is 0.750. The van der Waals surface area contributed by atoms with Gasteiger partial charge in [0.05, 0.1) is 22.0 Å². The van der Waals surface area contributed by atoms with Gasteiger partial charge < -0.3 is 15.2 Å². The van der Waals surface area contributed by atoms with Gasteiger partial charge in [-0.1, -0.05) is 0 Å².